The van der Waals surface area contributed by atoms with Gasteiger partial charge in [0.2, 0.25) is 5.91 Å². The minimum absolute atomic E-state index is 0.0338. The monoisotopic (exact) mass is 465 g/mol. The molecule has 4 aromatic heterocycles. The fraction of sp³-hybridized carbons (Fsp3) is 0.192. The van der Waals surface area contributed by atoms with Gasteiger partial charge in [0.25, 0.3) is 5.91 Å². The van der Waals surface area contributed by atoms with Crippen molar-refractivity contribution in [3.8, 4) is 11.1 Å². The van der Waals surface area contributed by atoms with Crippen molar-refractivity contribution in [3.63, 3.8) is 0 Å². The normalized spacial score (nSPS) is 15.7. The molecule has 1 atom stereocenters. The first kappa shape index (κ1) is 21.0. The number of anilines is 1. The Kier molecular flexibility index (Phi) is 5.02. The van der Waals surface area contributed by atoms with Crippen LogP contribution in [-0.2, 0) is 4.79 Å². The summed E-state index contributed by atoms with van der Waals surface area (Å²) in [6.45, 7) is 2.74. The zero-order chi connectivity index (χ0) is 23.9. The zero-order valence-electron chi connectivity index (χ0n) is 19.1. The van der Waals surface area contributed by atoms with Gasteiger partial charge in [-0.1, -0.05) is 6.07 Å². The highest BCUT2D eigenvalue weighted by Gasteiger charge is 2.29. The number of fused-ring (bicyclic) bond motifs is 2. The van der Waals surface area contributed by atoms with Crippen molar-refractivity contribution in [2.75, 3.05) is 18.4 Å². The molecule has 1 aliphatic heterocycles. The number of nitrogens with one attached hydrogen (secondary N) is 2. The van der Waals surface area contributed by atoms with Gasteiger partial charge in [-0.25, -0.2) is 4.98 Å². The number of carbonyl (C=O) groups excluding carboxylic acids is 2. The number of hydrogen-bond donors (Lipinski definition) is 2. The summed E-state index contributed by atoms with van der Waals surface area (Å²) in [5.74, 6) is -0.0124. The molecule has 2 amide bonds. The molecule has 6 rings (SSSR count). The smallest absolute Gasteiger partial charge is 0.253 e. The first-order valence-electron chi connectivity index (χ1n) is 11.5. The van der Waals surface area contributed by atoms with E-state index in [0.717, 1.165) is 39.8 Å². The van der Waals surface area contributed by atoms with Gasteiger partial charge in [-0.05, 0) is 54.4 Å². The van der Waals surface area contributed by atoms with E-state index in [0.29, 0.717) is 24.3 Å². The molecule has 1 fully saturated rings. The van der Waals surface area contributed by atoms with E-state index < -0.39 is 0 Å². The summed E-state index contributed by atoms with van der Waals surface area (Å²) in [7, 11) is 0. The van der Waals surface area contributed by atoms with Crippen LogP contribution >= 0.6 is 0 Å². The standard InChI is InChI=1S/C26H23N7O2/c1-16(34)30-19-5-2-4-17(12-19)26(35)32-11-8-18(15-32)23-13-21-20(7-10-27-25(21)31-23)22-14-29-33-24(22)6-3-9-28-33/h2-7,9-10,12-14,18H,8,11,15H2,1H3,(H,27,31)(H,30,34). The number of hydrogen-bond acceptors (Lipinski definition) is 5. The summed E-state index contributed by atoms with van der Waals surface area (Å²) >= 11 is 0. The molecular formula is C26H23N7O2. The number of nitrogens with zero attached hydrogens (tertiary/aromatic N) is 5. The van der Waals surface area contributed by atoms with Gasteiger partial charge in [0.05, 0.1) is 11.7 Å². The number of pyridine rings is 1. The second kappa shape index (κ2) is 8.35. The molecule has 9 nitrogen and oxygen atoms in total. The van der Waals surface area contributed by atoms with Crippen molar-refractivity contribution >= 4 is 34.1 Å². The minimum atomic E-state index is -0.164. The number of amides is 2. The van der Waals surface area contributed by atoms with Gasteiger partial charge in [-0.2, -0.15) is 14.8 Å². The van der Waals surface area contributed by atoms with Crippen molar-refractivity contribution in [2.45, 2.75) is 19.3 Å². The van der Waals surface area contributed by atoms with Gasteiger partial charge in [-0.15, -0.1) is 0 Å². The van der Waals surface area contributed by atoms with Crippen LogP contribution in [0.1, 0.15) is 35.3 Å². The molecule has 9 heteroatoms. The Bertz CT molecular complexity index is 1590. The Morgan fingerprint density at radius 1 is 1.06 bits per heavy atom. The summed E-state index contributed by atoms with van der Waals surface area (Å²) in [4.78, 5) is 34.4. The minimum Gasteiger partial charge on any atom is -0.343 e. The lowest BCUT2D eigenvalue weighted by atomic mass is 10.0. The molecular weight excluding hydrogens is 442 g/mol. The zero-order valence-corrected chi connectivity index (χ0v) is 19.1. The van der Waals surface area contributed by atoms with Crippen LogP contribution in [0.4, 0.5) is 5.69 Å². The Balaban J connectivity index is 1.26. The quantitative estimate of drug-likeness (QED) is 0.419. The number of likely N-dealkylation sites (tertiary alicyclic amines) is 1. The van der Waals surface area contributed by atoms with Crippen LogP contribution in [0.3, 0.4) is 0 Å². The molecule has 5 heterocycles. The largest absolute Gasteiger partial charge is 0.343 e. The number of carbonyl (C=O) groups is 2. The number of rotatable bonds is 4. The second-order valence-corrected chi connectivity index (χ2v) is 8.80. The maximum absolute atomic E-state index is 13.1. The van der Waals surface area contributed by atoms with Crippen LogP contribution in [-0.4, -0.2) is 54.6 Å². The number of H-pyrrole nitrogens is 1. The molecule has 0 aliphatic carbocycles. The third-order valence-electron chi connectivity index (χ3n) is 6.49. The van der Waals surface area contributed by atoms with Crippen LogP contribution in [0, 0.1) is 0 Å². The van der Waals surface area contributed by atoms with Gasteiger partial charge in [0.15, 0.2) is 0 Å². The molecule has 1 aromatic carbocycles. The van der Waals surface area contributed by atoms with Crippen LogP contribution in [0.5, 0.6) is 0 Å². The summed E-state index contributed by atoms with van der Waals surface area (Å²) < 4.78 is 1.62. The van der Waals surface area contributed by atoms with Crippen LogP contribution in [0.25, 0.3) is 27.7 Å². The fourth-order valence-corrected chi connectivity index (χ4v) is 4.86. The molecule has 0 bridgehead atoms. The van der Waals surface area contributed by atoms with Gasteiger partial charge in [0.1, 0.15) is 5.65 Å². The van der Waals surface area contributed by atoms with E-state index in [1.54, 1.807) is 41.3 Å². The van der Waals surface area contributed by atoms with Gasteiger partial charge >= 0.3 is 0 Å². The summed E-state index contributed by atoms with van der Waals surface area (Å²) in [5.41, 5.74) is 6.04. The van der Waals surface area contributed by atoms with Crippen molar-refractivity contribution in [2.24, 2.45) is 0 Å². The predicted molar refractivity (Wildman–Crippen MR) is 132 cm³/mol. The van der Waals surface area contributed by atoms with E-state index in [1.165, 1.54) is 6.92 Å². The molecule has 5 aromatic rings. The van der Waals surface area contributed by atoms with Crippen molar-refractivity contribution < 1.29 is 9.59 Å². The molecule has 1 aliphatic rings. The molecule has 35 heavy (non-hydrogen) atoms. The summed E-state index contributed by atoms with van der Waals surface area (Å²) in [6.07, 6.45) is 6.20. The average Bonchev–Trinajstić information content (AvgIpc) is 3.61. The number of aromatic amines is 1. The Morgan fingerprint density at radius 3 is 2.86 bits per heavy atom. The maximum Gasteiger partial charge on any atom is 0.253 e. The highest BCUT2D eigenvalue weighted by Crippen LogP contribution is 2.35. The molecule has 2 N–H and O–H groups in total. The molecule has 0 radical (unpaired) electrons. The van der Waals surface area contributed by atoms with Crippen molar-refractivity contribution in [3.05, 3.63) is 78.4 Å². The highest BCUT2D eigenvalue weighted by atomic mass is 16.2. The van der Waals surface area contributed by atoms with E-state index >= 15 is 0 Å². The molecule has 174 valence electrons. The van der Waals surface area contributed by atoms with Crippen LogP contribution < -0.4 is 5.32 Å². The van der Waals surface area contributed by atoms with E-state index in [9.17, 15) is 9.59 Å². The second-order valence-electron chi connectivity index (χ2n) is 8.80. The van der Waals surface area contributed by atoms with Crippen LogP contribution in [0.2, 0.25) is 0 Å². The molecule has 0 saturated carbocycles. The lowest BCUT2D eigenvalue weighted by Gasteiger charge is -2.17. The third-order valence-corrected chi connectivity index (χ3v) is 6.49. The fourth-order valence-electron chi connectivity index (χ4n) is 4.86. The number of benzene rings is 1. The Hall–Kier alpha value is -4.53. The van der Waals surface area contributed by atoms with E-state index in [-0.39, 0.29) is 17.7 Å². The molecule has 1 unspecified atom stereocenters. The molecule has 1 saturated heterocycles. The first-order chi connectivity index (χ1) is 17.1. The van der Waals surface area contributed by atoms with Gasteiger partial charge in [0, 0.05) is 66.2 Å². The topological polar surface area (TPSA) is 108 Å². The predicted octanol–water partition coefficient (Wildman–Crippen LogP) is 3.86. The van der Waals surface area contributed by atoms with Crippen molar-refractivity contribution in [1.29, 1.82) is 0 Å². The van der Waals surface area contributed by atoms with E-state index in [1.807, 2.05) is 29.3 Å². The molecule has 0 spiro atoms. The lowest BCUT2D eigenvalue weighted by Crippen LogP contribution is -2.28. The summed E-state index contributed by atoms with van der Waals surface area (Å²) in [6, 6.07) is 15.1. The maximum atomic E-state index is 13.1. The van der Waals surface area contributed by atoms with Crippen LogP contribution in [0.15, 0.2) is 67.1 Å². The van der Waals surface area contributed by atoms with E-state index in [4.69, 9.17) is 0 Å². The third kappa shape index (κ3) is 3.80. The Morgan fingerprint density at radius 2 is 1.97 bits per heavy atom. The van der Waals surface area contributed by atoms with Crippen molar-refractivity contribution in [1.82, 2.24) is 29.7 Å². The average molecular weight is 466 g/mol. The van der Waals surface area contributed by atoms with Gasteiger partial charge in [-0.3, -0.25) is 9.59 Å². The Labute approximate surface area is 200 Å². The first-order valence-corrected chi connectivity index (χ1v) is 11.5. The van der Waals surface area contributed by atoms with Gasteiger partial charge < -0.3 is 15.2 Å². The summed E-state index contributed by atoms with van der Waals surface area (Å²) in [5, 5.41) is 12.4. The lowest BCUT2D eigenvalue weighted by molar-refractivity contribution is -0.114. The highest BCUT2D eigenvalue weighted by molar-refractivity contribution is 5.98. The SMILES string of the molecule is CC(=O)Nc1cccc(C(=O)N2CCC(c3cc4c(-c5cnn6ncccc56)ccnc4[nH]3)C2)c1. The number of aromatic nitrogens is 5. The van der Waals surface area contributed by atoms with E-state index in [2.05, 4.69) is 31.5 Å².